The van der Waals surface area contributed by atoms with Crippen LogP contribution >= 0.6 is 0 Å². The van der Waals surface area contributed by atoms with Crippen LogP contribution in [-0.4, -0.2) is 80.6 Å². The predicted molar refractivity (Wildman–Crippen MR) is 126 cm³/mol. The average molecular weight is 466 g/mol. The van der Waals surface area contributed by atoms with Crippen molar-refractivity contribution in [2.75, 3.05) is 13.2 Å². The molecule has 0 radical (unpaired) electrons. The van der Waals surface area contributed by atoms with Crippen LogP contribution in [0.2, 0.25) is 0 Å². The van der Waals surface area contributed by atoms with E-state index in [9.17, 15) is 25.5 Å². The van der Waals surface area contributed by atoms with Gasteiger partial charge in [-0.3, -0.25) is 0 Å². The van der Waals surface area contributed by atoms with Crippen LogP contribution in [0.4, 0.5) is 0 Å². The smallest absolute Gasteiger partial charge is 0.183 e. The van der Waals surface area contributed by atoms with Gasteiger partial charge in [0.1, 0.15) is 12.2 Å². The number of nitrogens with two attached hydrogens (primary N) is 1. The molecule has 8 nitrogen and oxygen atoms in total. The molecule has 0 amide bonds. The summed E-state index contributed by atoms with van der Waals surface area (Å²) in [7, 11) is 0. The van der Waals surface area contributed by atoms with Gasteiger partial charge in [0.2, 0.25) is 0 Å². The standard InChI is InChI=1S/C24H51NO7/c1-2-3-4-5-6-7-8-9-10-11-12-13-14-15-20(27)19(25)18-32-24(31)23(30)22(29)21(28)16-17-26/h19-24,26-31H,2-18,25H2,1H3. The van der Waals surface area contributed by atoms with E-state index in [2.05, 4.69) is 6.92 Å². The van der Waals surface area contributed by atoms with E-state index in [1.807, 2.05) is 0 Å². The molecule has 0 rings (SSSR count). The molecule has 194 valence electrons. The third-order valence-electron chi connectivity index (χ3n) is 6.02. The van der Waals surface area contributed by atoms with Crippen LogP contribution in [0.1, 0.15) is 103 Å². The molecule has 0 fully saturated rings. The Balaban J connectivity index is 3.70. The Kier molecular flexibility index (Phi) is 21.0. The first-order valence-corrected chi connectivity index (χ1v) is 12.7. The Hall–Kier alpha value is -0.320. The number of aliphatic hydroxyl groups excluding tert-OH is 6. The normalized spacial score (nSPS) is 17.6. The highest BCUT2D eigenvalue weighted by molar-refractivity contribution is 4.78. The molecule has 6 atom stereocenters. The summed E-state index contributed by atoms with van der Waals surface area (Å²) < 4.78 is 5.04. The van der Waals surface area contributed by atoms with Crippen molar-refractivity contribution in [3.05, 3.63) is 0 Å². The number of aliphatic hydroxyl groups is 6. The molecule has 0 aromatic heterocycles. The zero-order chi connectivity index (χ0) is 24.2. The van der Waals surface area contributed by atoms with Crippen LogP contribution in [0.5, 0.6) is 0 Å². The Labute approximate surface area is 194 Å². The molecule has 0 aromatic rings. The van der Waals surface area contributed by atoms with Crippen molar-refractivity contribution in [1.29, 1.82) is 0 Å². The number of hydrogen-bond acceptors (Lipinski definition) is 8. The minimum Gasteiger partial charge on any atom is -0.396 e. The molecule has 0 heterocycles. The lowest BCUT2D eigenvalue weighted by atomic mass is 10.0. The first-order chi connectivity index (χ1) is 15.3. The Morgan fingerprint density at radius 2 is 1.09 bits per heavy atom. The molecule has 0 aliphatic rings. The Bertz CT molecular complexity index is 403. The highest BCUT2D eigenvalue weighted by Crippen LogP contribution is 2.14. The first-order valence-electron chi connectivity index (χ1n) is 12.7. The van der Waals surface area contributed by atoms with Gasteiger partial charge in [0, 0.05) is 6.61 Å². The Morgan fingerprint density at radius 1 is 0.625 bits per heavy atom. The van der Waals surface area contributed by atoms with E-state index in [0.717, 1.165) is 19.3 Å². The molecule has 8 N–H and O–H groups in total. The molecule has 0 bridgehead atoms. The molecular weight excluding hydrogens is 414 g/mol. The van der Waals surface area contributed by atoms with Crippen molar-refractivity contribution in [2.45, 2.75) is 140 Å². The molecular formula is C24H51NO7. The maximum Gasteiger partial charge on any atom is 0.183 e. The van der Waals surface area contributed by atoms with Gasteiger partial charge in [-0.25, -0.2) is 0 Å². The van der Waals surface area contributed by atoms with Crippen molar-refractivity contribution in [3.63, 3.8) is 0 Å². The summed E-state index contributed by atoms with van der Waals surface area (Å²) in [5.74, 6) is 0. The van der Waals surface area contributed by atoms with Gasteiger partial charge in [-0.15, -0.1) is 0 Å². The summed E-state index contributed by atoms with van der Waals surface area (Å²) in [5, 5.41) is 57.8. The fraction of sp³-hybridized carbons (Fsp3) is 1.00. The van der Waals surface area contributed by atoms with Gasteiger partial charge in [0.05, 0.1) is 24.9 Å². The monoisotopic (exact) mass is 465 g/mol. The van der Waals surface area contributed by atoms with Crippen LogP contribution in [0, 0.1) is 0 Å². The van der Waals surface area contributed by atoms with Crippen LogP contribution < -0.4 is 5.73 Å². The summed E-state index contributed by atoms with van der Waals surface area (Å²) in [6.45, 7) is 1.69. The van der Waals surface area contributed by atoms with Crippen molar-refractivity contribution in [2.24, 2.45) is 5.73 Å². The highest BCUT2D eigenvalue weighted by atomic mass is 16.6. The molecule has 0 saturated carbocycles. The summed E-state index contributed by atoms with van der Waals surface area (Å²) in [6.07, 6.45) is 9.36. The van der Waals surface area contributed by atoms with Crippen LogP contribution in [0.15, 0.2) is 0 Å². The van der Waals surface area contributed by atoms with E-state index in [0.29, 0.717) is 6.42 Å². The minimum absolute atomic E-state index is 0.137. The molecule has 0 aliphatic heterocycles. The van der Waals surface area contributed by atoms with Crippen LogP contribution in [0.25, 0.3) is 0 Å². The Morgan fingerprint density at radius 3 is 1.56 bits per heavy atom. The van der Waals surface area contributed by atoms with E-state index in [4.69, 9.17) is 15.6 Å². The van der Waals surface area contributed by atoms with E-state index >= 15 is 0 Å². The third-order valence-corrected chi connectivity index (χ3v) is 6.02. The van der Waals surface area contributed by atoms with Gasteiger partial charge < -0.3 is 41.1 Å². The fourth-order valence-electron chi connectivity index (χ4n) is 3.70. The molecule has 8 heteroatoms. The maximum absolute atomic E-state index is 10.1. The van der Waals surface area contributed by atoms with E-state index < -0.39 is 36.7 Å². The summed E-state index contributed by atoms with van der Waals surface area (Å²) in [5.41, 5.74) is 5.88. The van der Waals surface area contributed by atoms with Crippen molar-refractivity contribution < 1.29 is 35.4 Å². The molecule has 32 heavy (non-hydrogen) atoms. The van der Waals surface area contributed by atoms with Crippen LogP contribution in [-0.2, 0) is 4.74 Å². The zero-order valence-electron chi connectivity index (χ0n) is 20.2. The summed E-state index contributed by atoms with van der Waals surface area (Å²) >= 11 is 0. The fourth-order valence-corrected chi connectivity index (χ4v) is 3.70. The largest absolute Gasteiger partial charge is 0.396 e. The number of rotatable bonds is 23. The lowest BCUT2D eigenvalue weighted by Crippen LogP contribution is -2.48. The van der Waals surface area contributed by atoms with E-state index in [-0.39, 0.29) is 19.6 Å². The maximum atomic E-state index is 10.1. The van der Waals surface area contributed by atoms with Crippen molar-refractivity contribution in [1.82, 2.24) is 0 Å². The summed E-state index contributed by atoms with van der Waals surface area (Å²) in [4.78, 5) is 0. The van der Waals surface area contributed by atoms with Gasteiger partial charge in [-0.1, -0.05) is 90.4 Å². The van der Waals surface area contributed by atoms with Crippen LogP contribution in [0.3, 0.4) is 0 Å². The highest BCUT2D eigenvalue weighted by Gasteiger charge is 2.31. The van der Waals surface area contributed by atoms with Gasteiger partial charge >= 0.3 is 0 Å². The molecule has 0 aromatic carbocycles. The SMILES string of the molecule is CCCCCCCCCCCCCCCC(O)C(N)COC(O)C(O)C(O)C(O)CCO. The average Bonchev–Trinajstić information content (AvgIpc) is 2.79. The van der Waals surface area contributed by atoms with E-state index in [1.165, 1.54) is 64.2 Å². The van der Waals surface area contributed by atoms with E-state index in [1.54, 1.807) is 0 Å². The summed E-state index contributed by atoms with van der Waals surface area (Å²) in [6, 6.07) is -0.728. The lowest BCUT2D eigenvalue weighted by molar-refractivity contribution is -0.206. The van der Waals surface area contributed by atoms with Gasteiger partial charge in [0.25, 0.3) is 0 Å². The lowest BCUT2D eigenvalue weighted by Gasteiger charge is -2.27. The molecule has 0 saturated heterocycles. The molecule has 0 spiro atoms. The minimum atomic E-state index is -1.76. The third kappa shape index (κ3) is 16.3. The zero-order valence-corrected chi connectivity index (χ0v) is 20.2. The second kappa shape index (κ2) is 21.2. The first kappa shape index (κ1) is 31.7. The molecule has 0 aliphatic carbocycles. The van der Waals surface area contributed by atoms with Gasteiger partial charge in [-0.05, 0) is 12.8 Å². The molecule has 6 unspecified atom stereocenters. The predicted octanol–water partition coefficient (Wildman–Crippen LogP) is 1.96. The van der Waals surface area contributed by atoms with Crippen molar-refractivity contribution >= 4 is 0 Å². The van der Waals surface area contributed by atoms with Crippen molar-refractivity contribution in [3.8, 4) is 0 Å². The van der Waals surface area contributed by atoms with Gasteiger partial charge in [-0.2, -0.15) is 0 Å². The number of hydrogen-bond donors (Lipinski definition) is 7. The topological polar surface area (TPSA) is 157 Å². The number of unbranched alkanes of at least 4 members (excludes halogenated alkanes) is 12. The second-order valence-corrected chi connectivity index (χ2v) is 9.05. The number of ether oxygens (including phenoxy) is 1. The quantitative estimate of drug-likeness (QED) is 0.0891. The second-order valence-electron chi connectivity index (χ2n) is 9.05. The van der Waals surface area contributed by atoms with Gasteiger partial charge in [0.15, 0.2) is 6.29 Å².